The van der Waals surface area contributed by atoms with Crippen LogP contribution in [-0.2, 0) is 21.4 Å². The number of primary amides is 1. The van der Waals surface area contributed by atoms with E-state index < -0.39 is 15.9 Å². The number of nitrogens with two attached hydrogens (primary N) is 1. The number of pyridine rings is 1. The van der Waals surface area contributed by atoms with Crippen LogP contribution in [0.2, 0.25) is 0 Å². The molecule has 0 aliphatic rings. The maximum Gasteiger partial charge on any atom is 0.284 e. The van der Waals surface area contributed by atoms with Crippen LogP contribution in [0.5, 0.6) is 0 Å². The number of hydrogen-bond donors (Lipinski definition) is 1. The van der Waals surface area contributed by atoms with E-state index in [-0.39, 0.29) is 16.9 Å². The number of amides is 1. The van der Waals surface area contributed by atoms with Gasteiger partial charge in [0.2, 0.25) is 5.91 Å². The zero-order chi connectivity index (χ0) is 17.2. The number of hydrogen-bond acceptors (Lipinski definition) is 3. The smallest absolute Gasteiger partial charge is 0.284 e. The Balaban J connectivity index is 2.64. The lowest BCUT2D eigenvalue weighted by Crippen LogP contribution is -2.31. The third-order valence-corrected chi connectivity index (χ3v) is 4.88. The van der Waals surface area contributed by atoms with Crippen LogP contribution in [0.1, 0.15) is 16.8 Å². The van der Waals surface area contributed by atoms with Crippen molar-refractivity contribution in [2.75, 3.05) is 0 Å². The van der Waals surface area contributed by atoms with Crippen LogP contribution in [0.3, 0.4) is 0 Å². The van der Waals surface area contributed by atoms with Crippen LogP contribution in [0.25, 0.3) is 0 Å². The summed E-state index contributed by atoms with van der Waals surface area (Å²) in [5.74, 6) is -0.562. The van der Waals surface area contributed by atoms with E-state index >= 15 is 0 Å². The van der Waals surface area contributed by atoms with Crippen molar-refractivity contribution < 1.29 is 13.2 Å². The monoisotopic (exact) mass is 333 g/mol. The number of aromatic nitrogens is 1. The topological polar surface area (TPSA) is 94.5 Å². The molecule has 6 nitrogen and oxygen atoms in total. The van der Waals surface area contributed by atoms with E-state index in [1.54, 1.807) is 31.2 Å². The van der Waals surface area contributed by atoms with Gasteiger partial charge in [-0.3, -0.25) is 4.79 Å². The molecule has 2 N–H and O–H groups in total. The summed E-state index contributed by atoms with van der Waals surface area (Å²) in [5.41, 5.74) is 8.04. The molecule has 0 radical (unpaired) electrons. The van der Waals surface area contributed by atoms with Crippen molar-refractivity contribution in [1.82, 2.24) is 4.57 Å². The number of nitrogens with zero attached hydrogens (tertiary/aromatic N) is 2. The molecule has 2 aromatic rings. The zero-order valence-electron chi connectivity index (χ0n) is 13.3. The zero-order valence-corrected chi connectivity index (χ0v) is 14.1. The molecule has 0 atom stereocenters. The highest BCUT2D eigenvalue weighted by atomic mass is 32.2. The molecule has 2 rings (SSSR count). The summed E-state index contributed by atoms with van der Waals surface area (Å²) in [6.07, 6.45) is 0. The van der Waals surface area contributed by atoms with Crippen LogP contribution in [0, 0.1) is 20.8 Å². The fourth-order valence-electron chi connectivity index (χ4n) is 2.12. The van der Waals surface area contributed by atoms with Crippen LogP contribution in [0.15, 0.2) is 45.7 Å². The van der Waals surface area contributed by atoms with Gasteiger partial charge in [-0.1, -0.05) is 23.8 Å². The maximum absolute atomic E-state index is 12.5. The number of rotatable bonds is 4. The lowest BCUT2D eigenvalue weighted by molar-refractivity contribution is -0.118. The van der Waals surface area contributed by atoms with Gasteiger partial charge in [-0.15, -0.1) is 4.40 Å². The summed E-state index contributed by atoms with van der Waals surface area (Å²) in [5, 5.41) is 0. The minimum Gasteiger partial charge on any atom is -0.368 e. The molecule has 0 spiro atoms. The maximum atomic E-state index is 12.5. The SMILES string of the molecule is Cc1ccc(S(=O)(=O)N=c2ccc(C)c(C)n2CC(N)=O)cc1. The fraction of sp³-hybridized carbons (Fsp3) is 0.250. The number of carbonyl (C=O) groups is 1. The first-order chi connectivity index (χ1) is 10.7. The summed E-state index contributed by atoms with van der Waals surface area (Å²) >= 11 is 0. The van der Waals surface area contributed by atoms with E-state index in [2.05, 4.69) is 4.40 Å². The third kappa shape index (κ3) is 3.87. The van der Waals surface area contributed by atoms with Gasteiger partial charge in [0.25, 0.3) is 10.0 Å². The Hall–Kier alpha value is -2.41. The minimum absolute atomic E-state index is 0.104. The van der Waals surface area contributed by atoms with E-state index in [0.29, 0.717) is 0 Å². The van der Waals surface area contributed by atoms with Gasteiger partial charge in [0.15, 0.2) is 0 Å². The second kappa shape index (κ2) is 6.37. The first-order valence-corrected chi connectivity index (χ1v) is 8.48. The summed E-state index contributed by atoms with van der Waals surface area (Å²) in [7, 11) is -3.87. The van der Waals surface area contributed by atoms with E-state index in [9.17, 15) is 13.2 Å². The van der Waals surface area contributed by atoms with E-state index in [0.717, 1.165) is 16.8 Å². The minimum atomic E-state index is -3.87. The van der Waals surface area contributed by atoms with Crippen LogP contribution >= 0.6 is 0 Å². The predicted octanol–water partition coefficient (Wildman–Crippen LogP) is 1.19. The van der Waals surface area contributed by atoms with Crippen molar-refractivity contribution in [3.8, 4) is 0 Å². The number of carbonyl (C=O) groups excluding carboxylic acids is 1. The van der Waals surface area contributed by atoms with Gasteiger partial charge in [0.1, 0.15) is 12.0 Å². The Morgan fingerprint density at radius 3 is 2.26 bits per heavy atom. The van der Waals surface area contributed by atoms with Crippen molar-refractivity contribution >= 4 is 15.9 Å². The number of aryl methyl sites for hydroxylation is 2. The Morgan fingerprint density at radius 1 is 1.09 bits per heavy atom. The average molecular weight is 333 g/mol. The molecule has 0 unspecified atom stereocenters. The molecular weight excluding hydrogens is 314 g/mol. The van der Waals surface area contributed by atoms with E-state index in [1.165, 1.54) is 16.7 Å². The van der Waals surface area contributed by atoms with Gasteiger partial charge in [0, 0.05) is 5.69 Å². The Labute approximate surface area is 135 Å². The van der Waals surface area contributed by atoms with Gasteiger partial charge in [-0.2, -0.15) is 8.42 Å². The molecule has 0 bridgehead atoms. The fourth-order valence-corrected chi connectivity index (χ4v) is 3.11. The first-order valence-electron chi connectivity index (χ1n) is 7.04. The predicted molar refractivity (Wildman–Crippen MR) is 87.0 cm³/mol. The molecule has 1 amide bonds. The highest BCUT2D eigenvalue weighted by Crippen LogP contribution is 2.12. The van der Waals surface area contributed by atoms with Gasteiger partial charge in [-0.05, 0) is 44.5 Å². The standard InChI is InChI=1S/C16H19N3O3S/c1-11-4-7-14(8-5-11)23(21,22)18-16-9-6-12(2)13(3)19(16)10-15(17)20/h4-9H,10H2,1-3H3,(H2,17,20). The van der Waals surface area contributed by atoms with Crippen LogP contribution in [0.4, 0.5) is 0 Å². The van der Waals surface area contributed by atoms with Crippen molar-refractivity contribution in [3.63, 3.8) is 0 Å². The molecule has 23 heavy (non-hydrogen) atoms. The average Bonchev–Trinajstić information content (AvgIpc) is 2.47. The third-order valence-electron chi connectivity index (χ3n) is 3.58. The molecule has 1 aromatic heterocycles. The summed E-state index contributed by atoms with van der Waals surface area (Å²) < 4.78 is 30.3. The second-order valence-corrected chi connectivity index (χ2v) is 7.00. The summed E-state index contributed by atoms with van der Waals surface area (Å²) in [4.78, 5) is 11.4. The molecule has 0 saturated heterocycles. The summed E-state index contributed by atoms with van der Waals surface area (Å²) in [6.45, 7) is 5.40. The number of benzene rings is 1. The van der Waals surface area contributed by atoms with Crippen molar-refractivity contribution in [2.24, 2.45) is 10.1 Å². The van der Waals surface area contributed by atoms with Crippen molar-refractivity contribution in [3.05, 3.63) is 58.7 Å². The molecule has 0 aliphatic carbocycles. The van der Waals surface area contributed by atoms with Gasteiger partial charge in [-0.25, -0.2) is 0 Å². The van der Waals surface area contributed by atoms with E-state index in [4.69, 9.17) is 5.73 Å². The molecule has 0 aliphatic heterocycles. The van der Waals surface area contributed by atoms with Crippen molar-refractivity contribution in [1.29, 1.82) is 0 Å². The molecule has 0 fully saturated rings. The van der Waals surface area contributed by atoms with Gasteiger partial charge in [0.05, 0.1) is 4.90 Å². The Bertz CT molecular complexity index is 911. The Morgan fingerprint density at radius 2 is 1.70 bits per heavy atom. The van der Waals surface area contributed by atoms with Crippen LogP contribution in [-0.4, -0.2) is 18.9 Å². The van der Waals surface area contributed by atoms with Gasteiger partial charge < -0.3 is 10.3 Å². The molecule has 0 saturated carbocycles. The van der Waals surface area contributed by atoms with Crippen molar-refractivity contribution in [2.45, 2.75) is 32.2 Å². The second-order valence-electron chi connectivity index (χ2n) is 5.39. The summed E-state index contributed by atoms with van der Waals surface area (Å²) in [6, 6.07) is 9.76. The van der Waals surface area contributed by atoms with Crippen LogP contribution < -0.4 is 11.2 Å². The molecular formula is C16H19N3O3S. The quantitative estimate of drug-likeness (QED) is 0.910. The first kappa shape index (κ1) is 17.0. The molecule has 1 aromatic carbocycles. The molecule has 1 heterocycles. The molecule has 7 heteroatoms. The lowest BCUT2D eigenvalue weighted by Gasteiger charge is -2.12. The van der Waals surface area contributed by atoms with E-state index in [1.807, 2.05) is 13.8 Å². The molecule has 122 valence electrons. The number of sulfonamides is 1. The normalized spacial score (nSPS) is 12.4. The highest BCUT2D eigenvalue weighted by molar-refractivity contribution is 7.90. The largest absolute Gasteiger partial charge is 0.368 e. The Kier molecular flexibility index (Phi) is 4.70. The highest BCUT2D eigenvalue weighted by Gasteiger charge is 2.13. The van der Waals surface area contributed by atoms with Gasteiger partial charge >= 0.3 is 0 Å². The lowest BCUT2D eigenvalue weighted by atomic mass is 10.2.